The second-order valence-corrected chi connectivity index (χ2v) is 4.96. The molecule has 0 saturated heterocycles. The Bertz CT molecular complexity index is 655. The fourth-order valence-electron chi connectivity index (χ4n) is 2.23. The molecule has 112 valence electrons. The lowest BCUT2D eigenvalue weighted by molar-refractivity contribution is 0.0980. The van der Waals surface area contributed by atoms with Gasteiger partial charge in [-0.05, 0) is 30.7 Å². The van der Waals surface area contributed by atoms with Crippen LogP contribution in [0.15, 0.2) is 65.7 Å². The van der Waals surface area contributed by atoms with Gasteiger partial charge in [0.15, 0.2) is 0 Å². The number of guanidine groups is 1. The van der Waals surface area contributed by atoms with E-state index in [0.717, 1.165) is 25.2 Å². The van der Waals surface area contributed by atoms with Gasteiger partial charge < -0.3 is 5.32 Å². The van der Waals surface area contributed by atoms with Gasteiger partial charge in [-0.15, -0.1) is 0 Å². The first kappa shape index (κ1) is 14.1. The van der Waals surface area contributed by atoms with Crippen molar-refractivity contribution in [2.45, 2.75) is 6.42 Å². The van der Waals surface area contributed by atoms with Gasteiger partial charge in [0.2, 0.25) is 5.96 Å². The number of aliphatic imine (C=N–C) groups is 1. The molecule has 5 nitrogen and oxygen atoms in total. The van der Waals surface area contributed by atoms with Crippen molar-refractivity contribution >= 4 is 17.6 Å². The van der Waals surface area contributed by atoms with Crippen LogP contribution in [0.4, 0.5) is 5.69 Å². The zero-order chi connectivity index (χ0) is 15.2. The zero-order valence-corrected chi connectivity index (χ0v) is 12.2. The minimum atomic E-state index is -0.123. The highest BCUT2D eigenvalue weighted by Crippen LogP contribution is 2.15. The van der Waals surface area contributed by atoms with Crippen LogP contribution in [0.2, 0.25) is 0 Å². The van der Waals surface area contributed by atoms with E-state index in [1.807, 2.05) is 48.5 Å². The highest BCUT2D eigenvalue weighted by molar-refractivity contribution is 6.07. The lowest BCUT2D eigenvalue weighted by atomic mass is 10.2. The normalized spacial score (nSPS) is 13.7. The summed E-state index contributed by atoms with van der Waals surface area (Å²) in [5.74, 6) is 0.501. The highest BCUT2D eigenvalue weighted by Gasteiger charge is 2.19. The van der Waals surface area contributed by atoms with Crippen LogP contribution < -0.4 is 15.8 Å². The van der Waals surface area contributed by atoms with Crippen molar-refractivity contribution in [2.24, 2.45) is 4.99 Å². The van der Waals surface area contributed by atoms with Crippen molar-refractivity contribution in [3.05, 3.63) is 66.2 Å². The number of nitrogens with one attached hydrogen (secondary N) is 2. The van der Waals surface area contributed by atoms with E-state index in [4.69, 9.17) is 0 Å². The van der Waals surface area contributed by atoms with Gasteiger partial charge in [-0.1, -0.05) is 36.4 Å². The van der Waals surface area contributed by atoms with Gasteiger partial charge in [0.05, 0.1) is 5.69 Å². The lowest BCUT2D eigenvalue weighted by Crippen LogP contribution is -2.52. The van der Waals surface area contributed by atoms with E-state index in [0.29, 0.717) is 11.5 Å². The molecule has 2 N–H and O–H groups in total. The number of benzene rings is 2. The number of amides is 1. The van der Waals surface area contributed by atoms with Crippen LogP contribution in [0.5, 0.6) is 0 Å². The Hall–Kier alpha value is -2.82. The van der Waals surface area contributed by atoms with E-state index >= 15 is 0 Å². The third-order valence-corrected chi connectivity index (χ3v) is 3.35. The maximum atomic E-state index is 12.8. The first-order chi connectivity index (χ1) is 10.8. The molecule has 2 aromatic rings. The Kier molecular flexibility index (Phi) is 4.34. The van der Waals surface area contributed by atoms with Gasteiger partial charge in [-0.3, -0.25) is 15.2 Å². The van der Waals surface area contributed by atoms with E-state index in [2.05, 4.69) is 15.7 Å². The molecule has 5 heteroatoms. The minimum Gasteiger partial charge on any atom is -0.355 e. The summed E-state index contributed by atoms with van der Waals surface area (Å²) in [6.07, 6.45) is 1.00. The predicted molar refractivity (Wildman–Crippen MR) is 87.8 cm³/mol. The molecule has 0 unspecified atom stereocenters. The fraction of sp³-hybridized carbons (Fsp3) is 0.176. The molecule has 3 rings (SSSR count). The van der Waals surface area contributed by atoms with Crippen molar-refractivity contribution in [3.8, 4) is 0 Å². The SMILES string of the molecule is O=C(c1ccccc1)N(NC1=NCCCN1)c1ccccc1. The predicted octanol–water partition coefficient (Wildman–Crippen LogP) is 2.19. The first-order valence-electron chi connectivity index (χ1n) is 7.34. The molecule has 1 amide bonds. The number of hydrogen-bond acceptors (Lipinski definition) is 4. The number of anilines is 1. The monoisotopic (exact) mass is 294 g/mol. The average Bonchev–Trinajstić information content (AvgIpc) is 2.61. The Morgan fingerprint density at radius 3 is 2.36 bits per heavy atom. The minimum absolute atomic E-state index is 0.123. The third kappa shape index (κ3) is 3.25. The number of para-hydroxylation sites is 1. The number of rotatable bonds is 2. The number of hydrazine groups is 1. The van der Waals surface area contributed by atoms with Crippen LogP contribution in [-0.2, 0) is 0 Å². The van der Waals surface area contributed by atoms with Gasteiger partial charge >= 0.3 is 0 Å². The van der Waals surface area contributed by atoms with Crippen LogP contribution in [0.1, 0.15) is 16.8 Å². The molecule has 1 aliphatic rings. The van der Waals surface area contributed by atoms with Gasteiger partial charge in [0.1, 0.15) is 0 Å². The van der Waals surface area contributed by atoms with E-state index in [-0.39, 0.29) is 5.91 Å². The van der Waals surface area contributed by atoms with Crippen LogP contribution in [0.25, 0.3) is 0 Å². The summed E-state index contributed by atoms with van der Waals surface area (Å²) in [4.78, 5) is 17.2. The number of nitrogens with zero attached hydrogens (tertiary/aromatic N) is 2. The summed E-state index contributed by atoms with van der Waals surface area (Å²) in [5, 5.41) is 4.69. The molecule has 0 fully saturated rings. The zero-order valence-electron chi connectivity index (χ0n) is 12.2. The molecule has 0 radical (unpaired) electrons. The summed E-state index contributed by atoms with van der Waals surface area (Å²) >= 11 is 0. The Balaban J connectivity index is 1.89. The van der Waals surface area contributed by atoms with E-state index < -0.39 is 0 Å². The molecule has 0 aromatic heterocycles. The topological polar surface area (TPSA) is 56.7 Å². The molecule has 22 heavy (non-hydrogen) atoms. The van der Waals surface area contributed by atoms with Crippen LogP contribution >= 0.6 is 0 Å². The molecular weight excluding hydrogens is 276 g/mol. The van der Waals surface area contributed by atoms with E-state index in [1.165, 1.54) is 5.01 Å². The molecule has 0 atom stereocenters. The fourth-order valence-corrected chi connectivity index (χ4v) is 2.23. The van der Waals surface area contributed by atoms with Gasteiger partial charge in [-0.2, -0.15) is 0 Å². The molecular formula is C17H18N4O. The van der Waals surface area contributed by atoms with Crippen molar-refractivity contribution in [1.82, 2.24) is 10.7 Å². The van der Waals surface area contributed by atoms with Crippen LogP contribution in [0, 0.1) is 0 Å². The smallest absolute Gasteiger partial charge is 0.277 e. The number of carbonyl (C=O) groups is 1. The maximum absolute atomic E-state index is 12.8. The van der Waals surface area contributed by atoms with Crippen LogP contribution in [0.3, 0.4) is 0 Å². The van der Waals surface area contributed by atoms with Gasteiger partial charge in [-0.25, -0.2) is 5.01 Å². The maximum Gasteiger partial charge on any atom is 0.277 e. The highest BCUT2D eigenvalue weighted by atomic mass is 16.2. The summed E-state index contributed by atoms with van der Waals surface area (Å²) in [5.41, 5.74) is 4.48. The Morgan fingerprint density at radius 2 is 1.73 bits per heavy atom. The first-order valence-corrected chi connectivity index (χ1v) is 7.34. The van der Waals surface area contributed by atoms with Crippen molar-refractivity contribution < 1.29 is 4.79 Å². The summed E-state index contributed by atoms with van der Waals surface area (Å²) in [6, 6.07) is 18.7. The Morgan fingerprint density at radius 1 is 1.05 bits per heavy atom. The lowest BCUT2D eigenvalue weighted by Gasteiger charge is -2.27. The molecule has 0 bridgehead atoms. The molecule has 1 heterocycles. The summed E-state index contributed by atoms with van der Waals surface area (Å²) < 4.78 is 0. The largest absolute Gasteiger partial charge is 0.355 e. The average molecular weight is 294 g/mol. The quantitative estimate of drug-likeness (QED) is 0.835. The second kappa shape index (κ2) is 6.76. The number of hydrogen-bond donors (Lipinski definition) is 2. The molecule has 0 saturated carbocycles. The van der Waals surface area contributed by atoms with Gasteiger partial charge in [0, 0.05) is 18.7 Å². The summed E-state index contributed by atoms with van der Waals surface area (Å²) in [7, 11) is 0. The molecule has 1 aliphatic heterocycles. The molecule has 0 spiro atoms. The van der Waals surface area contributed by atoms with Crippen molar-refractivity contribution in [1.29, 1.82) is 0 Å². The van der Waals surface area contributed by atoms with Gasteiger partial charge in [0.25, 0.3) is 5.91 Å². The molecule has 0 aliphatic carbocycles. The number of carbonyl (C=O) groups excluding carboxylic acids is 1. The summed E-state index contributed by atoms with van der Waals surface area (Å²) in [6.45, 7) is 1.62. The molecule has 2 aromatic carbocycles. The van der Waals surface area contributed by atoms with Crippen molar-refractivity contribution in [2.75, 3.05) is 18.1 Å². The Labute approximate surface area is 129 Å². The standard InChI is InChI=1S/C17H18N4O/c22-16(14-8-3-1-4-9-14)21(15-10-5-2-6-11-15)20-17-18-12-7-13-19-17/h1-6,8-11H,7,12-13H2,(H2,18,19,20). The second-order valence-electron chi connectivity index (χ2n) is 4.96. The third-order valence-electron chi connectivity index (χ3n) is 3.35. The van der Waals surface area contributed by atoms with Crippen LogP contribution in [-0.4, -0.2) is 25.0 Å². The van der Waals surface area contributed by atoms with Crippen molar-refractivity contribution in [3.63, 3.8) is 0 Å². The van der Waals surface area contributed by atoms with E-state index in [1.54, 1.807) is 12.1 Å². The van der Waals surface area contributed by atoms with E-state index in [9.17, 15) is 4.79 Å².